The lowest BCUT2D eigenvalue weighted by Gasteiger charge is -2.22. The molecule has 0 radical (unpaired) electrons. The minimum atomic E-state index is -0.246. The molecule has 0 unspecified atom stereocenters. The Kier molecular flexibility index (Phi) is 5.83. The molecular formula is C17H23N3O3. The highest BCUT2D eigenvalue weighted by molar-refractivity contribution is 5.91. The van der Waals surface area contributed by atoms with Crippen molar-refractivity contribution in [1.29, 1.82) is 5.26 Å². The number of nitrogens with zero attached hydrogens (tertiary/aromatic N) is 2. The Morgan fingerprint density at radius 2 is 2.35 bits per heavy atom. The van der Waals surface area contributed by atoms with Gasteiger partial charge in [-0.25, -0.2) is 4.79 Å². The van der Waals surface area contributed by atoms with Crippen molar-refractivity contribution in [3.8, 4) is 11.8 Å². The Bertz CT molecular complexity index is 589. The molecule has 1 heterocycles. The second kappa shape index (κ2) is 7.84. The number of rotatable bonds is 5. The lowest BCUT2D eigenvalue weighted by Crippen LogP contribution is -2.37. The predicted molar refractivity (Wildman–Crippen MR) is 87.5 cm³/mol. The van der Waals surface area contributed by atoms with Gasteiger partial charge in [-0.15, -0.1) is 0 Å². The van der Waals surface area contributed by atoms with Crippen LogP contribution in [0.2, 0.25) is 0 Å². The van der Waals surface area contributed by atoms with Gasteiger partial charge in [0.15, 0.2) is 0 Å². The molecule has 124 valence electrons. The summed E-state index contributed by atoms with van der Waals surface area (Å²) in [5.41, 5.74) is 0.972. The van der Waals surface area contributed by atoms with Crippen LogP contribution in [0.15, 0.2) is 18.2 Å². The van der Waals surface area contributed by atoms with Crippen LogP contribution in [0.25, 0.3) is 0 Å². The third-order valence-corrected chi connectivity index (χ3v) is 3.56. The number of nitrogens with one attached hydrogen (secondary N) is 1. The van der Waals surface area contributed by atoms with Crippen LogP contribution in [0, 0.1) is 11.3 Å². The Hall–Kier alpha value is -2.26. The number of hydrogen-bond donors (Lipinski definition) is 1. The van der Waals surface area contributed by atoms with Crippen molar-refractivity contribution in [2.75, 3.05) is 25.5 Å². The monoisotopic (exact) mass is 317 g/mol. The van der Waals surface area contributed by atoms with Gasteiger partial charge in [0.2, 0.25) is 0 Å². The Balaban J connectivity index is 2.07. The Morgan fingerprint density at radius 3 is 2.96 bits per heavy atom. The van der Waals surface area contributed by atoms with E-state index in [-0.39, 0.29) is 18.2 Å². The molecule has 0 aromatic heterocycles. The number of urea groups is 1. The van der Waals surface area contributed by atoms with E-state index in [2.05, 4.69) is 11.4 Å². The summed E-state index contributed by atoms with van der Waals surface area (Å²) in [5, 5.41) is 11.9. The van der Waals surface area contributed by atoms with Gasteiger partial charge in [-0.05, 0) is 44.9 Å². The highest BCUT2D eigenvalue weighted by Crippen LogP contribution is 2.27. The van der Waals surface area contributed by atoms with Gasteiger partial charge in [0, 0.05) is 20.2 Å². The molecule has 1 aliphatic rings. The molecular weight excluding hydrogens is 294 g/mol. The van der Waals surface area contributed by atoms with E-state index in [0.717, 1.165) is 19.4 Å². The number of hydrogen-bond acceptors (Lipinski definition) is 4. The van der Waals surface area contributed by atoms with Crippen LogP contribution in [-0.4, -0.2) is 43.3 Å². The van der Waals surface area contributed by atoms with Crippen molar-refractivity contribution < 1.29 is 14.3 Å². The maximum Gasteiger partial charge on any atom is 0.321 e. The fourth-order valence-corrected chi connectivity index (χ4v) is 2.44. The quantitative estimate of drug-likeness (QED) is 0.906. The summed E-state index contributed by atoms with van der Waals surface area (Å²) in [4.78, 5) is 14.0. The molecule has 23 heavy (non-hydrogen) atoms. The molecule has 2 rings (SSSR count). The van der Waals surface area contributed by atoms with Crippen LogP contribution in [0.3, 0.4) is 0 Å². The van der Waals surface area contributed by atoms with Gasteiger partial charge < -0.3 is 19.7 Å². The maximum atomic E-state index is 12.4. The molecule has 1 atom stereocenters. The molecule has 0 bridgehead atoms. The van der Waals surface area contributed by atoms with Crippen LogP contribution in [-0.2, 0) is 4.74 Å². The fraction of sp³-hybridized carbons (Fsp3) is 0.529. The number of carbonyl (C=O) groups is 1. The van der Waals surface area contributed by atoms with E-state index in [0.29, 0.717) is 23.5 Å². The van der Waals surface area contributed by atoms with Gasteiger partial charge in [0.25, 0.3) is 0 Å². The number of amides is 2. The van der Waals surface area contributed by atoms with Crippen LogP contribution in [0.5, 0.6) is 5.75 Å². The van der Waals surface area contributed by atoms with Gasteiger partial charge in [0.1, 0.15) is 5.75 Å². The lowest BCUT2D eigenvalue weighted by molar-refractivity contribution is 0.0894. The Morgan fingerprint density at radius 1 is 1.57 bits per heavy atom. The van der Waals surface area contributed by atoms with E-state index < -0.39 is 0 Å². The van der Waals surface area contributed by atoms with Gasteiger partial charge in [-0.1, -0.05) is 0 Å². The summed E-state index contributed by atoms with van der Waals surface area (Å²) in [6, 6.07) is 6.82. The zero-order valence-electron chi connectivity index (χ0n) is 13.8. The molecule has 0 aliphatic carbocycles. The van der Waals surface area contributed by atoms with Crippen molar-refractivity contribution >= 4 is 11.7 Å². The van der Waals surface area contributed by atoms with Crippen molar-refractivity contribution in [3.63, 3.8) is 0 Å². The van der Waals surface area contributed by atoms with E-state index in [1.54, 1.807) is 30.1 Å². The third-order valence-electron chi connectivity index (χ3n) is 3.56. The number of benzene rings is 1. The summed E-state index contributed by atoms with van der Waals surface area (Å²) in [7, 11) is 1.73. The number of nitriles is 1. The van der Waals surface area contributed by atoms with Crippen molar-refractivity contribution in [3.05, 3.63) is 23.8 Å². The van der Waals surface area contributed by atoms with Crippen LogP contribution in [0.4, 0.5) is 10.5 Å². The number of ether oxygens (including phenoxy) is 2. The van der Waals surface area contributed by atoms with Crippen LogP contribution >= 0.6 is 0 Å². The summed E-state index contributed by atoms with van der Waals surface area (Å²) in [5.74, 6) is 0.554. The van der Waals surface area contributed by atoms with E-state index >= 15 is 0 Å². The summed E-state index contributed by atoms with van der Waals surface area (Å²) in [6.45, 7) is 5.13. The van der Waals surface area contributed by atoms with E-state index in [1.807, 2.05) is 13.8 Å². The van der Waals surface area contributed by atoms with E-state index in [4.69, 9.17) is 14.7 Å². The van der Waals surface area contributed by atoms with E-state index in [1.165, 1.54) is 0 Å². The molecule has 0 spiro atoms. The molecule has 1 aromatic rings. The lowest BCUT2D eigenvalue weighted by atomic mass is 10.2. The SMILES string of the molecule is CC(C)Oc1ccc(C#N)cc1NC(=O)N(C)C[C@H]1CCCO1. The van der Waals surface area contributed by atoms with Crippen LogP contribution in [0.1, 0.15) is 32.3 Å². The molecule has 6 heteroatoms. The first-order valence-electron chi connectivity index (χ1n) is 7.84. The summed E-state index contributed by atoms with van der Waals surface area (Å²) < 4.78 is 11.2. The topological polar surface area (TPSA) is 74.6 Å². The highest BCUT2D eigenvalue weighted by atomic mass is 16.5. The second-order valence-corrected chi connectivity index (χ2v) is 5.94. The minimum absolute atomic E-state index is 0.0248. The second-order valence-electron chi connectivity index (χ2n) is 5.94. The predicted octanol–water partition coefficient (Wildman–Crippen LogP) is 2.99. The number of anilines is 1. The first-order chi connectivity index (χ1) is 11.0. The minimum Gasteiger partial charge on any atom is -0.489 e. The molecule has 1 aliphatic heterocycles. The normalized spacial score (nSPS) is 16.9. The molecule has 6 nitrogen and oxygen atoms in total. The highest BCUT2D eigenvalue weighted by Gasteiger charge is 2.21. The molecule has 1 saturated heterocycles. The number of carbonyl (C=O) groups excluding carboxylic acids is 1. The maximum absolute atomic E-state index is 12.4. The molecule has 2 amide bonds. The molecule has 0 saturated carbocycles. The average molecular weight is 317 g/mol. The van der Waals surface area contributed by atoms with Crippen molar-refractivity contribution in [2.45, 2.75) is 38.9 Å². The third kappa shape index (κ3) is 4.86. The fourth-order valence-electron chi connectivity index (χ4n) is 2.44. The van der Waals surface area contributed by atoms with Crippen molar-refractivity contribution in [2.24, 2.45) is 0 Å². The standard InChI is InChI=1S/C17H23N3O3/c1-12(2)23-16-7-6-13(10-18)9-15(16)19-17(21)20(3)11-14-5-4-8-22-14/h6-7,9,12,14H,4-5,8,11H2,1-3H3,(H,19,21)/t14-/m1/s1. The number of likely N-dealkylation sites (N-methyl/N-ethyl adjacent to an activating group) is 1. The van der Waals surface area contributed by atoms with Crippen LogP contribution < -0.4 is 10.1 Å². The average Bonchev–Trinajstić information content (AvgIpc) is 3.01. The Labute approximate surface area is 137 Å². The first-order valence-corrected chi connectivity index (χ1v) is 7.84. The van der Waals surface area contributed by atoms with Crippen molar-refractivity contribution in [1.82, 2.24) is 4.90 Å². The van der Waals surface area contributed by atoms with E-state index in [9.17, 15) is 4.79 Å². The van der Waals surface area contributed by atoms with Gasteiger partial charge in [-0.3, -0.25) is 0 Å². The zero-order valence-corrected chi connectivity index (χ0v) is 13.8. The molecule has 1 aromatic carbocycles. The van der Waals surface area contributed by atoms with Gasteiger partial charge >= 0.3 is 6.03 Å². The molecule has 1 N–H and O–H groups in total. The van der Waals surface area contributed by atoms with Gasteiger partial charge in [-0.2, -0.15) is 5.26 Å². The summed E-state index contributed by atoms with van der Waals surface area (Å²) in [6.07, 6.45) is 2.09. The van der Waals surface area contributed by atoms with Gasteiger partial charge in [0.05, 0.1) is 29.5 Å². The molecule has 1 fully saturated rings. The largest absolute Gasteiger partial charge is 0.489 e. The zero-order chi connectivity index (χ0) is 16.8. The first kappa shape index (κ1) is 17.1. The summed E-state index contributed by atoms with van der Waals surface area (Å²) >= 11 is 0. The smallest absolute Gasteiger partial charge is 0.321 e.